The average molecular weight is 1080 g/mol. The Morgan fingerprint density at radius 3 is 0.946 bits per heavy atom. The first-order valence-corrected chi connectivity index (χ1v) is 28.3. The number of hydrogen-bond acceptors (Lipinski definition) is 16. The van der Waals surface area contributed by atoms with E-state index in [1.165, 1.54) is 9.80 Å². The van der Waals surface area contributed by atoms with E-state index in [0.717, 1.165) is 0 Å². The van der Waals surface area contributed by atoms with E-state index in [0.29, 0.717) is 70.3 Å². The van der Waals surface area contributed by atoms with Crippen LogP contribution in [0.25, 0.3) is 0 Å². The molecule has 6 aliphatic heterocycles. The van der Waals surface area contributed by atoms with Crippen LogP contribution in [0, 0.1) is 35.5 Å². The summed E-state index contributed by atoms with van der Waals surface area (Å²) in [6.45, 7) is 5.36. The van der Waals surface area contributed by atoms with Gasteiger partial charge in [0.15, 0.2) is 0 Å². The lowest BCUT2D eigenvalue weighted by molar-refractivity contribution is -0.130. The molecule has 0 saturated carbocycles. The van der Waals surface area contributed by atoms with Gasteiger partial charge in [-0.3, -0.25) is 57.5 Å². The fourth-order valence-corrected chi connectivity index (χ4v) is 12.1. The fourth-order valence-electron chi connectivity index (χ4n) is 10.1. The Kier molecular flexibility index (Phi) is 22.1. The van der Waals surface area contributed by atoms with Gasteiger partial charge in [-0.05, 0) is 6.42 Å². The maximum atomic E-state index is 13.0. The largest absolute Gasteiger partial charge is 0.355 e. The van der Waals surface area contributed by atoms with Crippen molar-refractivity contribution in [1.82, 2.24) is 56.0 Å². The zero-order valence-electron chi connectivity index (χ0n) is 42.0. The third-order valence-electron chi connectivity index (χ3n) is 14.3. The van der Waals surface area contributed by atoms with Crippen molar-refractivity contribution in [2.45, 2.75) is 51.4 Å². The fraction of sp³-hybridized carbons (Fsp3) is 0.745. The number of rotatable bonds is 30. The van der Waals surface area contributed by atoms with E-state index in [9.17, 15) is 57.5 Å². The van der Waals surface area contributed by atoms with E-state index >= 15 is 0 Å². The van der Waals surface area contributed by atoms with Crippen LogP contribution in [-0.4, -0.2) is 236 Å². The molecule has 410 valence electrons. The lowest BCUT2D eigenvalue weighted by Crippen LogP contribution is -2.41. The van der Waals surface area contributed by atoms with Crippen LogP contribution in [0.2, 0.25) is 0 Å². The molecule has 11 amide bonds. The minimum absolute atomic E-state index is 0.0303. The monoisotopic (exact) mass is 1080 g/mol. The van der Waals surface area contributed by atoms with Crippen LogP contribution in [0.1, 0.15) is 51.4 Å². The Morgan fingerprint density at radius 2 is 0.635 bits per heavy atom. The van der Waals surface area contributed by atoms with E-state index in [2.05, 4.69) is 26.6 Å². The first kappa shape index (κ1) is 57.7. The SMILES string of the molecule is NCCNC(=O)C1CC(=O)N(CCCC(=O)C2CC(=O)N(CCNC(=O)C3CC(=O)N(CCSSCCN4CC(C(=O)NCCN5CC(C(=O)NCCN6CC(C(=O)NCCN)CC6=O)CC5=O)CC4=O)C3)C2)C1. The van der Waals surface area contributed by atoms with Gasteiger partial charge >= 0.3 is 0 Å². The van der Waals surface area contributed by atoms with Crippen LogP contribution in [-0.2, 0) is 57.5 Å². The number of nitrogens with two attached hydrogens (primary N) is 2. The Hall–Kier alpha value is -5.54. The molecule has 27 heteroatoms. The van der Waals surface area contributed by atoms with Gasteiger partial charge < -0.3 is 67.5 Å². The molecule has 0 spiro atoms. The number of carbonyl (C=O) groups is 12. The van der Waals surface area contributed by atoms with Gasteiger partial charge in [0, 0.05) is 187 Å². The number of nitrogens with zero attached hydrogens (tertiary/aromatic N) is 6. The van der Waals surface area contributed by atoms with Crippen LogP contribution in [0.3, 0.4) is 0 Å². The van der Waals surface area contributed by atoms with Crippen molar-refractivity contribution in [1.29, 1.82) is 0 Å². The number of likely N-dealkylation sites (tertiary alicyclic amines) is 6. The molecule has 0 aromatic heterocycles. The minimum Gasteiger partial charge on any atom is -0.355 e. The summed E-state index contributed by atoms with van der Waals surface area (Å²) >= 11 is 0. The molecule has 25 nitrogen and oxygen atoms in total. The molecule has 0 aliphatic carbocycles. The summed E-state index contributed by atoms with van der Waals surface area (Å²) in [7, 11) is 3.10. The highest BCUT2D eigenvalue weighted by atomic mass is 33.1. The number of Topliss-reactive ketones (excluding diaryl/α,β-unsaturated/α-hetero) is 1. The molecule has 0 aromatic rings. The number of nitrogens with one attached hydrogen (secondary N) is 5. The Labute approximate surface area is 438 Å². The summed E-state index contributed by atoms with van der Waals surface area (Å²) < 4.78 is 0. The molecule has 0 aromatic carbocycles. The van der Waals surface area contributed by atoms with Gasteiger partial charge in [-0.25, -0.2) is 0 Å². The second kappa shape index (κ2) is 28.4. The third kappa shape index (κ3) is 16.5. The summed E-state index contributed by atoms with van der Waals surface area (Å²) in [6.07, 6.45) is 1.17. The van der Waals surface area contributed by atoms with Crippen LogP contribution < -0.4 is 38.1 Å². The average Bonchev–Trinajstić information content (AvgIpc) is 4.25. The van der Waals surface area contributed by atoms with Crippen molar-refractivity contribution in [3.63, 3.8) is 0 Å². The smallest absolute Gasteiger partial charge is 0.225 e. The molecule has 6 rings (SSSR count). The molecule has 6 heterocycles. The highest BCUT2D eigenvalue weighted by Crippen LogP contribution is 2.27. The Bertz CT molecular complexity index is 1980. The molecular weight excluding hydrogens is 1000 g/mol. The number of ketones is 1. The van der Waals surface area contributed by atoms with Gasteiger partial charge in [0.25, 0.3) is 0 Å². The summed E-state index contributed by atoms with van der Waals surface area (Å²) in [5.74, 6) is -4.01. The maximum absolute atomic E-state index is 13.0. The summed E-state index contributed by atoms with van der Waals surface area (Å²) in [5, 5.41) is 13.9. The normalized spacial score (nSPS) is 24.0. The van der Waals surface area contributed by atoms with Crippen molar-refractivity contribution in [2.75, 3.05) is 136 Å². The first-order valence-electron chi connectivity index (χ1n) is 25.8. The first-order chi connectivity index (χ1) is 35.5. The molecule has 6 saturated heterocycles. The van der Waals surface area contributed by atoms with Crippen LogP contribution in [0.4, 0.5) is 0 Å². The molecule has 6 aliphatic rings. The highest BCUT2D eigenvalue weighted by Gasteiger charge is 2.40. The summed E-state index contributed by atoms with van der Waals surface area (Å²) in [6, 6.07) is 0. The topological polar surface area (TPSA) is 336 Å². The van der Waals surface area contributed by atoms with E-state index in [4.69, 9.17) is 11.5 Å². The quantitative estimate of drug-likeness (QED) is 0.0263. The van der Waals surface area contributed by atoms with E-state index in [-0.39, 0.29) is 188 Å². The van der Waals surface area contributed by atoms with Gasteiger partial charge in [0.05, 0.1) is 29.6 Å². The molecule has 6 unspecified atom stereocenters. The van der Waals surface area contributed by atoms with Crippen LogP contribution in [0.5, 0.6) is 0 Å². The predicted octanol–water partition coefficient (Wildman–Crippen LogP) is -4.69. The van der Waals surface area contributed by atoms with Crippen molar-refractivity contribution in [3.8, 4) is 0 Å². The van der Waals surface area contributed by atoms with Crippen LogP contribution >= 0.6 is 21.6 Å². The zero-order valence-corrected chi connectivity index (χ0v) is 43.7. The second-order valence-corrected chi connectivity index (χ2v) is 22.4. The van der Waals surface area contributed by atoms with Gasteiger partial charge in [0.2, 0.25) is 65.0 Å². The third-order valence-corrected chi connectivity index (χ3v) is 16.7. The predicted molar refractivity (Wildman–Crippen MR) is 270 cm³/mol. The standard InChI is InChI=1S/C47H73N13O12S2/c48-3-5-50-43(68)31-19-38(63)55(25-31)10-1-2-36(61)30-18-37(62)56(24-30)11-7-52-46(71)34-22-41(66)59(28-34)14-16-73-74-17-15-60-29-35(23-42(60)67)47(72)54-9-13-58-27-33(21-40(58)65)45(70)53-8-12-57-26-32(20-39(57)64)44(69)51-6-4-49/h30-35H,1-29,48-49H2,(H,50,68)(H,51,69)(H,52,71)(H,53,70)(H,54,72). The van der Waals surface area contributed by atoms with Crippen molar-refractivity contribution in [3.05, 3.63) is 0 Å². The van der Waals surface area contributed by atoms with E-state index < -0.39 is 35.5 Å². The second-order valence-electron chi connectivity index (χ2n) is 19.7. The lowest BCUT2D eigenvalue weighted by Gasteiger charge is -2.19. The minimum atomic E-state index is -0.571. The molecular formula is C47H73N13O12S2. The maximum Gasteiger partial charge on any atom is 0.225 e. The van der Waals surface area contributed by atoms with E-state index in [1.54, 1.807) is 41.2 Å². The molecule has 74 heavy (non-hydrogen) atoms. The van der Waals surface area contributed by atoms with Crippen LogP contribution in [0.15, 0.2) is 0 Å². The molecule has 6 atom stereocenters. The lowest BCUT2D eigenvalue weighted by atomic mass is 9.99. The molecule has 0 radical (unpaired) electrons. The zero-order chi connectivity index (χ0) is 53.3. The van der Waals surface area contributed by atoms with Crippen molar-refractivity contribution in [2.24, 2.45) is 47.0 Å². The Balaban J connectivity index is 0.764. The number of hydrogen-bond donors (Lipinski definition) is 7. The number of amides is 11. The Morgan fingerprint density at radius 1 is 0.378 bits per heavy atom. The van der Waals surface area contributed by atoms with Crippen molar-refractivity contribution < 1.29 is 57.5 Å². The van der Waals surface area contributed by atoms with Gasteiger partial charge in [-0.15, -0.1) is 0 Å². The molecule has 9 N–H and O–H groups in total. The summed E-state index contributed by atoms with van der Waals surface area (Å²) in [5.41, 5.74) is 10.9. The van der Waals surface area contributed by atoms with Gasteiger partial charge in [-0.2, -0.15) is 0 Å². The summed E-state index contributed by atoms with van der Waals surface area (Å²) in [4.78, 5) is 161. The highest BCUT2D eigenvalue weighted by molar-refractivity contribution is 8.76. The van der Waals surface area contributed by atoms with Crippen molar-refractivity contribution >= 4 is 92.4 Å². The van der Waals surface area contributed by atoms with Gasteiger partial charge in [0.1, 0.15) is 5.78 Å². The van der Waals surface area contributed by atoms with E-state index in [1.807, 2.05) is 0 Å². The molecule has 0 bridgehead atoms. The molecule has 6 fully saturated rings. The van der Waals surface area contributed by atoms with Gasteiger partial charge in [-0.1, -0.05) is 21.6 Å². The number of carbonyl (C=O) groups excluding carboxylic acids is 12.